The fraction of sp³-hybridized carbons (Fsp3) is 0.567. The van der Waals surface area contributed by atoms with Crippen molar-refractivity contribution in [2.24, 2.45) is 11.7 Å². The van der Waals surface area contributed by atoms with E-state index < -0.39 is 41.5 Å². The third-order valence-electron chi connectivity index (χ3n) is 9.06. The Labute approximate surface area is 254 Å². The molecule has 0 radical (unpaired) electrons. The number of nitrogens with one attached hydrogen (secondary N) is 2. The van der Waals surface area contributed by atoms with Crippen LogP contribution in [-0.4, -0.2) is 94.2 Å². The Morgan fingerprint density at radius 3 is 2.36 bits per heavy atom. The Balaban J connectivity index is 1.29. The van der Waals surface area contributed by atoms with Crippen molar-refractivity contribution in [2.45, 2.75) is 69.2 Å². The van der Waals surface area contributed by atoms with Crippen LogP contribution in [0.5, 0.6) is 0 Å². The molecule has 44 heavy (non-hydrogen) atoms. The van der Waals surface area contributed by atoms with Crippen LogP contribution in [0, 0.1) is 5.92 Å². The molecule has 14 heteroatoms. The van der Waals surface area contributed by atoms with Crippen molar-refractivity contribution in [1.29, 1.82) is 0 Å². The van der Waals surface area contributed by atoms with Crippen molar-refractivity contribution in [3.05, 3.63) is 41.6 Å². The Morgan fingerprint density at radius 1 is 1.00 bits per heavy atom. The quantitative estimate of drug-likeness (QED) is 0.410. The Hall–Kier alpha value is -3.94. The van der Waals surface area contributed by atoms with Crippen molar-refractivity contribution in [3.63, 3.8) is 0 Å². The van der Waals surface area contributed by atoms with Crippen molar-refractivity contribution < 1.29 is 27.6 Å². The predicted molar refractivity (Wildman–Crippen MR) is 158 cm³/mol. The van der Waals surface area contributed by atoms with Crippen LogP contribution in [0.25, 0.3) is 0 Å². The van der Waals surface area contributed by atoms with Crippen LogP contribution >= 0.6 is 0 Å². The summed E-state index contributed by atoms with van der Waals surface area (Å²) >= 11 is 0. The Bertz CT molecular complexity index is 1360. The first-order chi connectivity index (χ1) is 20.9. The average molecular weight is 617 g/mol. The lowest BCUT2D eigenvalue weighted by Gasteiger charge is -2.35. The fourth-order valence-corrected chi connectivity index (χ4v) is 6.48. The molecule has 1 aromatic heterocycles. The first kappa shape index (κ1) is 31.5. The molecule has 1 unspecified atom stereocenters. The van der Waals surface area contributed by atoms with E-state index >= 15 is 0 Å². The highest BCUT2D eigenvalue weighted by atomic mass is 19.4. The summed E-state index contributed by atoms with van der Waals surface area (Å²) in [5.41, 5.74) is 5.43. The smallest absolute Gasteiger partial charge is 0.368 e. The molecule has 2 saturated heterocycles. The molecule has 2 aromatic rings. The van der Waals surface area contributed by atoms with Crippen molar-refractivity contribution in [1.82, 2.24) is 24.7 Å². The van der Waals surface area contributed by atoms with Crippen molar-refractivity contribution in [2.75, 3.05) is 44.4 Å². The predicted octanol–water partition coefficient (Wildman–Crippen LogP) is 3.46. The van der Waals surface area contributed by atoms with Crippen molar-refractivity contribution in [3.8, 4) is 0 Å². The monoisotopic (exact) mass is 616 g/mol. The maximum absolute atomic E-state index is 14.0. The topological polar surface area (TPSA) is 137 Å². The molecule has 3 atom stereocenters. The lowest BCUT2D eigenvalue weighted by atomic mass is 10.0. The van der Waals surface area contributed by atoms with Crippen LogP contribution in [0.1, 0.15) is 60.9 Å². The molecule has 1 aromatic carbocycles. The largest absolute Gasteiger partial charge is 0.421 e. The zero-order chi connectivity index (χ0) is 31.6. The molecule has 3 amide bonds. The normalized spacial score (nSPS) is 23.0. The van der Waals surface area contributed by atoms with E-state index in [2.05, 4.69) is 32.5 Å². The number of benzene rings is 1. The van der Waals surface area contributed by atoms with Gasteiger partial charge in [-0.15, -0.1) is 0 Å². The maximum atomic E-state index is 14.0. The number of carbonyl (C=O) groups is 3. The molecule has 1 saturated carbocycles. The minimum Gasteiger partial charge on any atom is -0.368 e. The van der Waals surface area contributed by atoms with E-state index in [0.717, 1.165) is 25.9 Å². The van der Waals surface area contributed by atoms with E-state index in [4.69, 9.17) is 5.73 Å². The van der Waals surface area contributed by atoms with E-state index in [1.807, 2.05) is 0 Å². The molecule has 3 fully saturated rings. The Morgan fingerprint density at radius 2 is 1.70 bits per heavy atom. The summed E-state index contributed by atoms with van der Waals surface area (Å²) in [4.78, 5) is 51.8. The molecule has 2 aliphatic heterocycles. The van der Waals surface area contributed by atoms with Gasteiger partial charge in [0, 0.05) is 43.1 Å². The number of aromatic nitrogens is 2. The summed E-state index contributed by atoms with van der Waals surface area (Å²) in [7, 11) is 3.87. The third-order valence-corrected chi connectivity index (χ3v) is 9.06. The van der Waals surface area contributed by atoms with Gasteiger partial charge in [-0.1, -0.05) is 6.42 Å². The average Bonchev–Trinajstić information content (AvgIpc) is 3.67. The van der Waals surface area contributed by atoms with Gasteiger partial charge in [-0.25, -0.2) is 4.98 Å². The van der Waals surface area contributed by atoms with Crippen LogP contribution in [0.3, 0.4) is 0 Å². The van der Waals surface area contributed by atoms with E-state index in [9.17, 15) is 27.6 Å². The number of halogens is 3. The molecule has 5 rings (SSSR count). The van der Waals surface area contributed by atoms with Gasteiger partial charge in [0.1, 0.15) is 17.4 Å². The molecule has 11 nitrogen and oxygen atoms in total. The van der Waals surface area contributed by atoms with Crippen LogP contribution in [0.15, 0.2) is 30.5 Å². The highest BCUT2D eigenvalue weighted by Crippen LogP contribution is 2.37. The summed E-state index contributed by atoms with van der Waals surface area (Å²) in [5.74, 6) is -2.07. The summed E-state index contributed by atoms with van der Waals surface area (Å²) in [6.45, 7) is 2.26. The Kier molecular flexibility index (Phi) is 9.28. The van der Waals surface area contributed by atoms with Gasteiger partial charge in [-0.3, -0.25) is 14.4 Å². The van der Waals surface area contributed by atoms with Gasteiger partial charge in [0.2, 0.25) is 17.8 Å². The highest BCUT2D eigenvalue weighted by molar-refractivity contribution is 5.94. The number of primary amides is 1. The summed E-state index contributed by atoms with van der Waals surface area (Å²) in [6, 6.07) is 5.49. The number of amides is 3. The second kappa shape index (κ2) is 13.0. The molecular formula is C30H39F3N8O3. The number of nitrogens with two attached hydrogens (primary N) is 1. The van der Waals surface area contributed by atoms with Crippen LogP contribution in [0.2, 0.25) is 0 Å². The number of hydrogen-bond donors (Lipinski definition) is 3. The number of rotatable bonds is 8. The SMILES string of the molecule is CN1CCC(N(C)C(=O)c2ccc(Nc3ncc(C(F)(F)F)c(N[C@@H]4CCCC4C(=O)N4CCC[C@@H]4C(N)=O)n3)cc2)CC1. The van der Waals surface area contributed by atoms with Crippen LogP contribution < -0.4 is 16.4 Å². The van der Waals surface area contributed by atoms with Gasteiger partial charge in [0.15, 0.2) is 0 Å². The van der Waals surface area contributed by atoms with Gasteiger partial charge in [0.05, 0.1) is 5.92 Å². The van der Waals surface area contributed by atoms with Gasteiger partial charge in [0.25, 0.3) is 5.91 Å². The first-order valence-electron chi connectivity index (χ1n) is 15.1. The first-order valence-corrected chi connectivity index (χ1v) is 15.1. The van der Waals surface area contributed by atoms with Gasteiger partial charge in [-0.05, 0) is 82.9 Å². The van der Waals surface area contributed by atoms with Gasteiger partial charge < -0.3 is 31.1 Å². The minimum absolute atomic E-state index is 0.0720. The standard InChI is InChI=1S/C30H39F3N8O3/c1-39-15-12-20(13-16-39)40(2)27(43)18-8-10-19(11-9-18)36-29-35-17-22(30(31,32)33)26(38-29)37-23-6-3-5-21(23)28(44)41-14-4-7-24(41)25(34)42/h8-11,17,20-21,23-24H,3-7,12-16H2,1-2H3,(H2,34,42)(H2,35,36,37,38)/t21?,23-,24-/m1/s1. The van der Waals surface area contributed by atoms with Crippen LogP contribution in [0.4, 0.5) is 30.6 Å². The molecule has 4 N–H and O–H groups in total. The third kappa shape index (κ3) is 6.90. The number of carbonyl (C=O) groups excluding carboxylic acids is 3. The van der Waals surface area contributed by atoms with Gasteiger partial charge in [-0.2, -0.15) is 18.2 Å². The number of nitrogens with zero attached hydrogens (tertiary/aromatic N) is 5. The van der Waals surface area contributed by atoms with E-state index in [1.54, 1.807) is 36.2 Å². The second-order valence-electron chi connectivity index (χ2n) is 12.0. The van der Waals surface area contributed by atoms with E-state index in [0.29, 0.717) is 56.1 Å². The summed E-state index contributed by atoms with van der Waals surface area (Å²) in [6.07, 6.45) is 0.505. The summed E-state index contributed by atoms with van der Waals surface area (Å²) < 4.78 is 41.9. The number of piperidine rings is 1. The highest BCUT2D eigenvalue weighted by Gasteiger charge is 2.42. The summed E-state index contributed by atoms with van der Waals surface area (Å²) in [5, 5.41) is 5.81. The molecular weight excluding hydrogens is 577 g/mol. The number of hydrogen-bond acceptors (Lipinski definition) is 8. The lowest BCUT2D eigenvalue weighted by Crippen LogP contribution is -2.48. The van der Waals surface area contributed by atoms with E-state index in [-0.39, 0.29) is 23.8 Å². The molecule has 238 valence electrons. The molecule has 0 bridgehead atoms. The van der Waals surface area contributed by atoms with Crippen molar-refractivity contribution >= 4 is 35.2 Å². The lowest BCUT2D eigenvalue weighted by molar-refractivity contribution is -0.140. The van der Waals surface area contributed by atoms with Crippen LogP contribution in [-0.2, 0) is 15.8 Å². The molecule has 0 spiro atoms. The number of likely N-dealkylation sites (tertiary alicyclic amines) is 2. The number of alkyl halides is 3. The fourth-order valence-electron chi connectivity index (χ4n) is 6.48. The van der Waals surface area contributed by atoms with Gasteiger partial charge >= 0.3 is 6.18 Å². The second-order valence-corrected chi connectivity index (χ2v) is 12.0. The zero-order valence-electron chi connectivity index (χ0n) is 24.9. The minimum atomic E-state index is -4.73. The zero-order valence-corrected chi connectivity index (χ0v) is 24.9. The number of anilines is 3. The molecule has 3 aliphatic rings. The van der Waals surface area contributed by atoms with E-state index in [1.165, 1.54) is 4.90 Å². The molecule has 3 heterocycles. The molecule has 1 aliphatic carbocycles. The maximum Gasteiger partial charge on any atom is 0.421 e.